The number of nitrogens with one attached hydrogen (secondary N) is 1. The Bertz CT molecular complexity index is 1050. The summed E-state index contributed by atoms with van der Waals surface area (Å²) in [6.45, 7) is 2.95. The molecule has 30 heavy (non-hydrogen) atoms. The van der Waals surface area contributed by atoms with Crippen LogP contribution in [0.15, 0.2) is 55.0 Å². The highest BCUT2D eigenvalue weighted by molar-refractivity contribution is 5.86. The molecule has 7 nitrogen and oxygen atoms in total. The second-order valence-corrected chi connectivity index (χ2v) is 7.69. The zero-order valence-electron chi connectivity index (χ0n) is 16.7. The first-order valence-electron chi connectivity index (χ1n) is 9.71. The molecule has 3 aromatic rings. The van der Waals surface area contributed by atoms with E-state index in [1.54, 1.807) is 36.8 Å². The fourth-order valence-electron chi connectivity index (χ4n) is 3.64. The molecule has 0 saturated carbocycles. The van der Waals surface area contributed by atoms with Crippen LogP contribution in [0.3, 0.4) is 0 Å². The number of anilines is 2. The summed E-state index contributed by atoms with van der Waals surface area (Å²) in [6, 6.07) is 10.3. The molecule has 1 saturated heterocycles. The van der Waals surface area contributed by atoms with Gasteiger partial charge in [0.25, 0.3) is 0 Å². The van der Waals surface area contributed by atoms with Gasteiger partial charge in [0, 0.05) is 43.8 Å². The Balaban J connectivity index is 1.54. The van der Waals surface area contributed by atoms with Gasteiger partial charge in [0.15, 0.2) is 0 Å². The lowest BCUT2D eigenvalue weighted by Gasteiger charge is -2.49. The Morgan fingerprint density at radius 1 is 1.23 bits per heavy atom. The molecule has 0 aliphatic carbocycles. The third kappa shape index (κ3) is 3.94. The van der Waals surface area contributed by atoms with E-state index >= 15 is 0 Å². The van der Waals surface area contributed by atoms with Gasteiger partial charge >= 0.3 is 0 Å². The maximum Gasteiger partial charge on any atom is 0.230 e. The summed E-state index contributed by atoms with van der Waals surface area (Å²) in [5.74, 6) is 0.437. The highest BCUT2D eigenvalue weighted by atomic mass is 19.1. The smallest absolute Gasteiger partial charge is 0.230 e. The lowest BCUT2D eigenvalue weighted by molar-refractivity contribution is -0.132. The van der Waals surface area contributed by atoms with E-state index in [0.717, 1.165) is 11.1 Å². The number of pyridine rings is 1. The largest absolute Gasteiger partial charge is 0.383 e. The van der Waals surface area contributed by atoms with Crippen molar-refractivity contribution in [2.75, 3.05) is 23.7 Å². The van der Waals surface area contributed by atoms with Gasteiger partial charge in [-0.25, -0.2) is 9.37 Å². The highest BCUT2D eigenvalue weighted by Gasteiger charge is 2.50. The Labute approximate surface area is 174 Å². The molecule has 0 radical (unpaired) electrons. The summed E-state index contributed by atoms with van der Waals surface area (Å²) in [6.07, 6.45) is 5.34. The number of nitrogens with zero attached hydrogens (tertiary/aromatic N) is 4. The lowest BCUT2D eigenvalue weighted by Crippen LogP contribution is -2.65. The van der Waals surface area contributed by atoms with Gasteiger partial charge in [-0.1, -0.05) is 24.3 Å². The van der Waals surface area contributed by atoms with E-state index in [2.05, 4.69) is 20.3 Å². The normalized spacial score (nSPS) is 14.8. The van der Waals surface area contributed by atoms with Crippen LogP contribution in [-0.4, -0.2) is 33.9 Å². The number of halogens is 1. The van der Waals surface area contributed by atoms with Crippen molar-refractivity contribution in [3.8, 4) is 0 Å². The Morgan fingerprint density at radius 3 is 2.73 bits per heavy atom. The van der Waals surface area contributed by atoms with Gasteiger partial charge in [0.2, 0.25) is 11.9 Å². The number of aromatic nitrogens is 3. The van der Waals surface area contributed by atoms with Crippen LogP contribution in [0.4, 0.5) is 16.2 Å². The number of carbonyl (C=O) groups is 1. The number of nitrogens with two attached hydrogens (primary N) is 1. The molecular formula is C22H23FN6O. The summed E-state index contributed by atoms with van der Waals surface area (Å²) >= 11 is 0. The SMILES string of the molecule is Cc1cnc(N2CC(Cc3ccccc3F)(C(=O)NCc3cccnc3)C2)nc1N. The van der Waals surface area contributed by atoms with Crippen molar-refractivity contribution in [2.24, 2.45) is 5.41 Å². The van der Waals surface area contributed by atoms with Gasteiger partial charge < -0.3 is 16.0 Å². The quantitative estimate of drug-likeness (QED) is 0.652. The van der Waals surface area contributed by atoms with Crippen LogP contribution < -0.4 is 16.0 Å². The standard InChI is InChI=1S/C22H23FN6O/c1-15-10-27-21(28-19(15)24)29-13-22(14-29,9-17-6-2-3-7-18(17)23)20(30)26-12-16-5-4-8-25-11-16/h2-8,10-11H,9,12-14H2,1H3,(H,26,30)(H2,24,27,28). The van der Waals surface area contributed by atoms with Gasteiger partial charge in [-0.3, -0.25) is 9.78 Å². The van der Waals surface area contributed by atoms with Gasteiger partial charge in [-0.2, -0.15) is 4.98 Å². The second-order valence-electron chi connectivity index (χ2n) is 7.69. The summed E-state index contributed by atoms with van der Waals surface area (Å²) in [7, 11) is 0. The molecule has 0 spiro atoms. The van der Waals surface area contributed by atoms with Crippen LogP contribution in [0.5, 0.6) is 0 Å². The number of nitrogen functional groups attached to an aromatic ring is 1. The van der Waals surface area contributed by atoms with E-state index in [0.29, 0.717) is 37.0 Å². The van der Waals surface area contributed by atoms with Crippen molar-refractivity contribution >= 4 is 17.7 Å². The third-order valence-electron chi connectivity index (χ3n) is 5.41. The van der Waals surface area contributed by atoms with Crippen molar-refractivity contribution in [1.82, 2.24) is 20.3 Å². The lowest BCUT2D eigenvalue weighted by atomic mass is 9.73. The average Bonchev–Trinajstić information content (AvgIpc) is 2.73. The molecule has 1 amide bonds. The van der Waals surface area contributed by atoms with E-state index < -0.39 is 5.41 Å². The molecule has 0 bridgehead atoms. The van der Waals surface area contributed by atoms with Gasteiger partial charge in [-0.15, -0.1) is 0 Å². The monoisotopic (exact) mass is 406 g/mol. The minimum absolute atomic E-state index is 0.133. The first-order valence-corrected chi connectivity index (χ1v) is 9.71. The van der Waals surface area contributed by atoms with Crippen LogP contribution in [0.2, 0.25) is 0 Å². The molecule has 1 aliphatic heterocycles. The number of carbonyl (C=O) groups excluding carboxylic acids is 1. The summed E-state index contributed by atoms with van der Waals surface area (Å²) in [5, 5.41) is 2.98. The van der Waals surface area contributed by atoms with Crippen molar-refractivity contribution in [3.05, 3.63) is 77.5 Å². The molecule has 0 unspecified atom stereocenters. The summed E-state index contributed by atoms with van der Waals surface area (Å²) < 4.78 is 14.3. The van der Waals surface area contributed by atoms with Crippen LogP contribution in [0.25, 0.3) is 0 Å². The first kappa shape index (κ1) is 19.8. The maximum atomic E-state index is 14.3. The fraction of sp³-hybridized carbons (Fsp3) is 0.273. The van der Waals surface area contributed by atoms with E-state index in [1.165, 1.54) is 6.07 Å². The Hall–Kier alpha value is -3.55. The molecular weight excluding hydrogens is 383 g/mol. The highest BCUT2D eigenvalue weighted by Crippen LogP contribution is 2.37. The minimum Gasteiger partial charge on any atom is -0.383 e. The van der Waals surface area contributed by atoms with E-state index in [9.17, 15) is 9.18 Å². The molecule has 8 heteroatoms. The van der Waals surface area contributed by atoms with Crippen LogP contribution in [0.1, 0.15) is 16.7 Å². The predicted octanol–water partition coefficient (Wildman–Crippen LogP) is 2.27. The van der Waals surface area contributed by atoms with E-state index in [4.69, 9.17) is 5.73 Å². The number of aryl methyl sites for hydroxylation is 1. The van der Waals surface area contributed by atoms with Gasteiger partial charge in [0.1, 0.15) is 11.6 Å². The molecule has 4 rings (SSSR count). The summed E-state index contributed by atoms with van der Waals surface area (Å²) in [4.78, 5) is 27.8. The van der Waals surface area contributed by atoms with E-state index in [-0.39, 0.29) is 18.1 Å². The fourth-order valence-corrected chi connectivity index (χ4v) is 3.64. The molecule has 0 atom stereocenters. The number of rotatable bonds is 6. The van der Waals surface area contributed by atoms with Crippen molar-refractivity contribution < 1.29 is 9.18 Å². The maximum absolute atomic E-state index is 14.3. The van der Waals surface area contributed by atoms with Gasteiger partial charge in [0.05, 0.1) is 5.41 Å². The molecule has 1 aliphatic rings. The second kappa shape index (κ2) is 8.06. The topological polar surface area (TPSA) is 97.0 Å². The van der Waals surface area contributed by atoms with Crippen LogP contribution in [0, 0.1) is 18.2 Å². The molecule has 154 valence electrons. The molecule has 3 N–H and O–H groups in total. The van der Waals surface area contributed by atoms with Gasteiger partial charge in [-0.05, 0) is 36.6 Å². The molecule has 1 aromatic carbocycles. The summed E-state index contributed by atoms with van der Waals surface area (Å²) in [5.41, 5.74) is 7.33. The van der Waals surface area contributed by atoms with Crippen molar-refractivity contribution in [3.63, 3.8) is 0 Å². The number of hydrogen-bond acceptors (Lipinski definition) is 6. The Kier molecular flexibility index (Phi) is 5.31. The van der Waals surface area contributed by atoms with Crippen LogP contribution in [-0.2, 0) is 17.8 Å². The molecule has 1 fully saturated rings. The number of hydrogen-bond donors (Lipinski definition) is 2. The van der Waals surface area contributed by atoms with E-state index in [1.807, 2.05) is 24.0 Å². The minimum atomic E-state index is -0.784. The molecule has 3 heterocycles. The number of benzene rings is 1. The third-order valence-corrected chi connectivity index (χ3v) is 5.41. The number of amides is 1. The first-order chi connectivity index (χ1) is 14.5. The van der Waals surface area contributed by atoms with Crippen LogP contribution >= 0.6 is 0 Å². The Morgan fingerprint density at radius 2 is 2.03 bits per heavy atom. The van der Waals surface area contributed by atoms with Crippen molar-refractivity contribution in [2.45, 2.75) is 19.9 Å². The zero-order valence-corrected chi connectivity index (χ0v) is 16.7. The predicted molar refractivity (Wildman–Crippen MR) is 112 cm³/mol. The molecule has 2 aromatic heterocycles. The van der Waals surface area contributed by atoms with Crippen molar-refractivity contribution in [1.29, 1.82) is 0 Å². The zero-order chi connectivity index (χ0) is 21.1. The average molecular weight is 406 g/mol.